The molecule has 0 spiro atoms. The van der Waals surface area contributed by atoms with Crippen molar-refractivity contribution >= 4 is 18.6 Å². The normalized spacial score (nSPS) is 11.1. The fourth-order valence-electron chi connectivity index (χ4n) is 2.00. The maximum atomic E-state index is 12.4. The third kappa shape index (κ3) is 2.66. The van der Waals surface area contributed by atoms with Gasteiger partial charge in [0.05, 0.1) is 6.61 Å². The molecule has 2 aromatic carbocycles. The number of benzene rings is 2. The number of hydrogen-bond acceptors (Lipinski definition) is 3. The summed E-state index contributed by atoms with van der Waals surface area (Å²) in [6.45, 7) is 2.13. The lowest BCUT2D eigenvalue weighted by atomic mass is 9.90. The van der Waals surface area contributed by atoms with E-state index in [1.165, 1.54) is 0 Å². The molecular weight excluding hydrogens is 256 g/mol. The van der Waals surface area contributed by atoms with Gasteiger partial charge >= 0.3 is 5.97 Å². The molecule has 0 radical (unpaired) electrons. The highest BCUT2D eigenvalue weighted by Crippen LogP contribution is 2.37. The Morgan fingerprint density at radius 3 is 1.79 bits per heavy atom. The Balaban J connectivity index is 2.54. The minimum atomic E-state index is -1.07. The molecule has 0 saturated heterocycles. The van der Waals surface area contributed by atoms with Crippen LogP contribution in [0.4, 0.5) is 0 Å². The maximum Gasteiger partial charge on any atom is 0.331 e. The molecule has 2 nitrogen and oxygen atoms in total. The van der Waals surface area contributed by atoms with Crippen LogP contribution in [0.2, 0.25) is 0 Å². The van der Waals surface area contributed by atoms with Crippen molar-refractivity contribution in [2.24, 2.45) is 0 Å². The van der Waals surface area contributed by atoms with Crippen LogP contribution in [0, 0.1) is 0 Å². The molecule has 0 aliphatic rings. The Kier molecular flexibility index (Phi) is 4.27. The van der Waals surface area contributed by atoms with E-state index < -0.39 is 4.75 Å². The van der Waals surface area contributed by atoms with E-state index in [-0.39, 0.29) is 5.97 Å². The monoisotopic (exact) mass is 272 g/mol. The molecule has 3 heteroatoms. The second-order valence-corrected chi connectivity index (χ2v) is 4.83. The highest BCUT2D eigenvalue weighted by atomic mass is 32.1. The number of rotatable bonds is 4. The van der Waals surface area contributed by atoms with Crippen LogP contribution in [0.5, 0.6) is 0 Å². The fraction of sp³-hybridized carbons (Fsp3) is 0.188. The molecule has 0 bridgehead atoms. The lowest BCUT2D eigenvalue weighted by Gasteiger charge is -2.27. The second kappa shape index (κ2) is 5.93. The summed E-state index contributed by atoms with van der Waals surface area (Å²) in [7, 11) is 0. The summed E-state index contributed by atoms with van der Waals surface area (Å²) in [5, 5.41) is 0. The SMILES string of the molecule is CCOC(=O)C(S)(c1ccccc1)c1ccccc1. The van der Waals surface area contributed by atoms with E-state index in [4.69, 9.17) is 4.74 Å². The van der Waals surface area contributed by atoms with Crippen molar-refractivity contribution in [1.29, 1.82) is 0 Å². The summed E-state index contributed by atoms with van der Waals surface area (Å²) in [4.78, 5) is 12.4. The zero-order chi connectivity index (χ0) is 13.7. The second-order valence-electron chi connectivity index (χ2n) is 4.16. The van der Waals surface area contributed by atoms with Gasteiger partial charge in [0, 0.05) is 0 Å². The van der Waals surface area contributed by atoms with Crippen LogP contribution in [0.1, 0.15) is 18.1 Å². The summed E-state index contributed by atoms with van der Waals surface area (Å²) < 4.78 is 4.13. The first kappa shape index (κ1) is 13.7. The number of thiol groups is 1. The van der Waals surface area contributed by atoms with Crippen LogP contribution in [-0.4, -0.2) is 12.6 Å². The first-order chi connectivity index (χ1) is 9.19. The van der Waals surface area contributed by atoms with Crippen LogP contribution in [0.3, 0.4) is 0 Å². The number of carbonyl (C=O) groups excluding carboxylic acids is 1. The van der Waals surface area contributed by atoms with Crippen molar-refractivity contribution in [3.05, 3.63) is 71.8 Å². The van der Waals surface area contributed by atoms with Crippen molar-refractivity contribution in [3.63, 3.8) is 0 Å². The van der Waals surface area contributed by atoms with Gasteiger partial charge in [0.25, 0.3) is 0 Å². The van der Waals surface area contributed by atoms with E-state index in [2.05, 4.69) is 12.6 Å². The largest absolute Gasteiger partial charge is 0.464 e. The van der Waals surface area contributed by atoms with Gasteiger partial charge in [0.2, 0.25) is 0 Å². The minimum absolute atomic E-state index is 0.334. The Hall–Kier alpha value is -1.74. The highest BCUT2D eigenvalue weighted by Gasteiger charge is 2.39. The molecule has 2 rings (SSSR count). The van der Waals surface area contributed by atoms with Crippen molar-refractivity contribution in [2.75, 3.05) is 6.61 Å². The van der Waals surface area contributed by atoms with Crippen LogP contribution in [0.25, 0.3) is 0 Å². The molecule has 0 saturated carbocycles. The third-order valence-electron chi connectivity index (χ3n) is 2.95. The fourth-order valence-corrected chi connectivity index (χ4v) is 2.36. The van der Waals surface area contributed by atoms with E-state index in [0.29, 0.717) is 6.61 Å². The number of carbonyl (C=O) groups is 1. The van der Waals surface area contributed by atoms with Crippen molar-refractivity contribution in [2.45, 2.75) is 11.7 Å². The predicted octanol–water partition coefficient (Wildman–Crippen LogP) is 3.42. The van der Waals surface area contributed by atoms with Crippen LogP contribution in [-0.2, 0) is 14.3 Å². The van der Waals surface area contributed by atoms with E-state index in [0.717, 1.165) is 11.1 Å². The summed E-state index contributed by atoms with van der Waals surface area (Å²) in [6, 6.07) is 18.9. The smallest absolute Gasteiger partial charge is 0.331 e. The molecule has 0 aromatic heterocycles. The molecule has 0 unspecified atom stereocenters. The lowest BCUT2D eigenvalue weighted by Crippen LogP contribution is -2.33. The molecule has 0 N–H and O–H groups in total. The quantitative estimate of drug-likeness (QED) is 0.682. The van der Waals surface area contributed by atoms with Gasteiger partial charge in [-0.15, -0.1) is 0 Å². The molecular formula is C16H16O2S. The van der Waals surface area contributed by atoms with Gasteiger partial charge in [-0.1, -0.05) is 60.7 Å². The summed E-state index contributed by atoms with van der Waals surface area (Å²) in [5.41, 5.74) is 1.62. The van der Waals surface area contributed by atoms with Crippen LogP contribution in [0.15, 0.2) is 60.7 Å². The van der Waals surface area contributed by atoms with Gasteiger partial charge in [-0.3, -0.25) is 0 Å². The number of esters is 1. The topological polar surface area (TPSA) is 26.3 Å². The van der Waals surface area contributed by atoms with Gasteiger partial charge in [-0.2, -0.15) is 12.6 Å². The number of ether oxygens (including phenoxy) is 1. The first-order valence-electron chi connectivity index (χ1n) is 6.20. The van der Waals surface area contributed by atoms with Gasteiger partial charge in [-0.25, -0.2) is 4.79 Å². The van der Waals surface area contributed by atoms with Crippen molar-refractivity contribution < 1.29 is 9.53 Å². The summed E-state index contributed by atoms with van der Waals surface area (Å²) >= 11 is 4.65. The molecule has 0 atom stereocenters. The Morgan fingerprint density at radius 2 is 1.42 bits per heavy atom. The summed E-state index contributed by atoms with van der Waals surface area (Å²) in [6.07, 6.45) is 0. The third-order valence-corrected chi connectivity index (χ3v) is 3.65. The van der Waals surface area contributed by atoms with Gasteiger partial charge in [0.1, 0.15) is 0 Å². The molecule has 2 aromatic rings. The Labute approximate surface area is 118 Å². The predicted molar refractivity (Wildman–Crippen MR) is 79.3 cm³/mol. The zero-order valence-electron chi connectivity index (χ0n) is 10.7. The summed E-state index contributed by atoms with van der Waals surface area (Å²) in [5.74, 6) is -0.351. The molecule has 98 valence electrons. The minimum Gasteiger partial charge on any atom is -0.464 e. The standard InChI is InChI=1S/C16H16O2S/c1-2-18-15(17)16(19,13-9-5-3-6-10-13)14-11-7-4-8-12-14/h3-12,19H,2H2,1H3. The molecule has 0 amide bonds. The molecule has 19 heavy (non-hydrogen) atoms. The Bertz CT molecular complexity index is 498. The molecule has 0 heterocycles. The van der Waals surface area contributed by atoms with Crippen LogP contribution < -0.4 is 0 Å². The first-order valence-corrected chi connectivity index (χ1v) is 6.65. The highest BCUT2D eigenvalue weighted by molar-refractivity contribution is 7.82. The van der Waals surface area contributed by atoms with E-state index in [1.807, 2.05) is 60.7 Å². The van der Waals surface area contributed by atoms with Crippen molar-refractivity contribution in [3.8, 4) is 0 Å². The average molecular weight is 272 g/mol. The maximum absolute atomic E-state index is 12.4. The number of hydrogen-bond donors (Lipinski definition) is 1. The van der Waals surface area contributed by atoms with Crippen LogP contribution >= 0.6 is 12.6 Å². The van der Waals surface area contributed by atoms with E-state index in [1.54, 1.807) is 6.92 Å². The Morgan fingerprint density at radius 1 is 1.00 bits per heavy atom. The van der Waals surface area contributed by atoms with Gasteiger partial charge < -0.3 is 4.74 Å². The van der Waals surface area contributed by atoms with Gasteiger partial charge in [0.15, 0.2) is 4.75 Å². The lowest BCUT2D eigenvalue weighted by molar-refractivity contribution is -0.145. The molecule has 0 aliphatic heterocycles. The molecule has 0 fully saturated rings. The van der Waals surface area contributed by atoms with E-state index >= 15 is 0 Å². The van der Waals surface area contributed by atoms with Gasteiger partial charge in [-0.05, 0) is 18.1 Å². The van der Waals surface area contributed by atoms with Crippen molar-refractivity contribution in [1.82, 2.24) is 0 Å². The average Bonchev–Trinajstić information content (AvgIpc) is 2.48. The molecule has 0 aliphatic carbocycles. The van der Waals surface area contributed by atoms with E-state index in [9.17, 15) is 4.79 Å². The zero-order valence-corrected chi connectivity index (χ0v) is 11.6.